The molecular weight excluding hydrogens is 254 g/mol. The Balaban J connectivity index is 1.98. The van der Waals surface area contributed by atoms with E-state index in [9.17, 15) is 0 Å². The Bertz CT molecular complexity index is 522. The van der Waals surface area contributed by atoms with Crippen LogP contribution in [0.4, 0.5) is 0 Å². The van der Waals surface area contributed by atoms with Crippen LogP contribution in [0, 0.1) is 0 Å². The molecule has 0 aliphatic carbocycles. The van der Waals surface area contributed by atoms with Gasteiger partial charge in [-0.25, -0.2) is 0 Å². The predicted molar refractivity (Wildman–Crippen MR) is 81.3 cm³/mol. The molecule has 1 heterocycles. The molecule has 0 fully saturated rings. The van der Waals surface area contributed by atoms with Crippen molar-refractivity contribution in [2.75, 3.05) is 6.54 Å². The van der Waals surface area contributed by atoms with Gasteiger partial charge in [-0.05, 0) is 37.2 Å². The first-order chi connectivity index (χ1) is 9.19. The average Bonchev–Trinajstić information content (AvgIpc) is 2.83. The molecule has 0 amide bonds. The standard InChI is InChI=1S/C15H21N3S/c1-4-16-12(2)13-6-5-7-15(10-13)19-11-14-8-9-18(3)17-14/h5-10,12,16H,4,11H2,1-3H3. The van der Waals surface area contributed by atoms with Gasteiger partial charge in [0.15, 0.2) is 0 Å². The number of nitrogens with one attached hydrogen (secondary N) is 1. The Hall–Kier alpha value is -1.26. The van der Waals surface area contributed by atoms with E-state index in [4.69, 9.17) is 0 Å². The molecule has 1 N–H and O–H groups in total. The summed E-state index contributed by atoms with van der Waals surface area (Å²) in [5.74, 6) is 0.917. The highest BCUT2D eigenvalue weighted by Gasteiger charge is 2.05. The van der Waals surface area contributed by atoms with Gasteiger partial charge < -0.3 is 5.32 Å². The molecule has 1 unspecified atom stereocenters. The van der Waals surface area contributed by atoms with Crippen molar-refractivity contribution < 1.29 is 0 Å². The maximum Gasteiger partial charge on any atom is 0.0727 e. The van der Waals surface area contributed by atoms with E-state index < -0.39 is 0 Å². The van der Waals surface area contributed by atoms with Gasteiger partial charge in [-0.15, -0.1) is 11.8 Å². The lowest BCUT2D eigenvalue weighted by atomic mass is 10.1. The lowest BCUT2D eigenvalue weighted by Gasteiger charge is -2.13. The van der Waals surface area contributed by atoms with Crippen LogP contribution in [0.5, 0.6) is 0 Å². The molecule has 19 heavy (non-hydrogen) atoms. The Labute approximate surface area is 119 Å². The third-order valence-corrected chi connectivity index (χ3v) is 4.05. The minimum Gasteiger partial charge on any atom is -0.310 e. The SMILES string of the molecule is CCNC(C)c1cccc(SCc2ccn(C)n2)c1. The largest absolute Gasteiger partial charge is 0.310 e. The quantitative estimate of drug-likeness (QED) is 0.820. The average molecular weight is 275 g/mol. The van der Waals surface area contributed by atoms with Crippen LogP contribution in [-0.4, -0.2) is 16.3 Å². The number of nitrogens with zero attached hydrogens (tertiary/aromatic N) is 2. The first kappa shape index (κ1) is 14.2. The zero-order valence-electron chi connectivity index (χ0n) is 11.8. The topological polar surface area (TPSA) is 29.9 Å². The molecule has 4 heteroatoms. The molecule has 1 aromatic carbocycles. The molecule has 1 aromatic heterocycles. The summed E-state index contributed by atoms with van der Waals surface area (Å²) in [6.45, 7) is 5.33. The molecule has 0 aliphatic heterocycles. The smallest absolute Gasteiger partial charge is 0.0727 e. The van der Waals surface area contributed by atoms with Gasteiger partial charge >= 0.3 is 0 Å². The van der Waals surface area contributed by atoms with Crippen molar-refractivity contribution in [3.05, 3.63) is 47.8 Å². The highest BCUT2D eigenvalue weighted by molar-refractivity contribution is 7.98. The van der Waals surface area contributed by atoms with Crippen LogP contribution in [0.1, 0.15) is 31.1 Å². The summed E-state index contributed by atoms with van der Waals surface area (Å²) < 4.78 is 1.85. The first-order valence-corrected chi connectivity index (χ1v) is 7.62. The number of aryl methyl sites for hydroxylation is 1. The summed E-state index contributed by atoms with van der Waals surface area (Å²) in [4.78, 5) is 1.30. The predicted octanol–water partition coefficient (Wildman–Crippen LogP) is 3.38. The number of aromatic nitrogens is 2. The number of hydrogen-bond acceptors (Lipinski definition) is 3. The van der Waals surface area contributed by atoms with Crippen molar-refractivity contribution in [2.24, 2.45) is 7.05 Å². The highest BCUT2D eigenvalue weighted by Crippen LogP contribution is 2.25. The van der Waals surface area contributed by atoms with Crippen molar-refractivity contribution in [2.45, 2.75) is 30.5 Å². The van der Waals surface area contributed by atoms with Gasteiger partial charge in [0.25, 0.3) is 0 Å². The van der Waals surface area contributed by atoms with Gasteiger partial charge in [0.1, 0.15) is 0 Å². The van der Waals surface area contributed by atoms with Crippen LogP contribution in [0.25, 0.3) is 0 Å². The summed E-state index contributed by atoms with van der Waals surface area (Å²) in [7, 11) is 1.95. The summed E-state index contributed by atoms with van der Waals surface area (Å²) in [6, 6.07) is 11.2. The van der Waals surface area contributed by atoms with Crippen molar-refractivity contribution in [1.82, 2.24) is 15.1 Å². The van der Waals surface area contributed by atoms with Crippen molar-refractivity contribution in [1.29, 1.82) is 0 Å². The summed E-state index contributed by atoms with van der Waals surface area (Å²) in [5.41, 5.74) is 2.46. The Morgan fingerprint density at radius 2 is 2.21 bits per heavy atom. The zero-order valence-corrected chi connectivity index (χ0v) is 12.6. The third-order valence-electron chi connectivity index (χ3n) is 3.02. The Morgan fingerprint density at radius 1 is 1.37 bits per heavy atom. The molecule has 0 radical (unpaired) electrons. The second-order valence-corrected chi connectivity index (χ2v) is 5.67. The van der Waals surface area contributed by atoms with E-state index in [1.165, 1.54) is 10.5 Å². The molecular formula is C15H21N3S. The molecule has 2 rings (SSSR count). The molecule has 2 aromatic rings. The van der Waals surface area contributed by atoms with Crippen LogP contribution < -0.4 is 5.32 Å². The normalized spacial score (nSPS) is 12.6. The lowest BCUT2D eigenvalue weighted by Crippen LogP contribution is -2.17. The van der Waals surface area contributed by atoms with Crippen molar-refractivity contribution >= 4 is 11.8 Å². The van der Waals surface area contributed by atoms with Crippen LogP contribution in [0.3, 0.4) is 0 Å². The molecule has 0 spiro atoms. The van der Waals surface area contributed by atoms with Gasteiger partial charge in [-0.1, -0.05) is 19.1 Å². The number of hydrogen-bond donors (Lipinski definition) is 1. The van der Waals surface area contributed by atoms with Gasteiger partial charge in [0.2, 0.25) is 0 Å². The van der Waals surface area contributed by atoms with Crippen LogP contribution >= 0.6 is 11.8 Å². The van der Waals surface area contributed by atoms with Crippen LogP contribution in [-0.2, 0) is 12.8 Å². The number of rotatable bonds is 6. The molecule has 3 nitrogen and oxygen atoms in total. The monoisotopic (exact) mass is 275 g/mol. The van der Waals surface area contributed by atoms with Gasteiger partial charge in [0, 0.05) is 29.9 Å². The Morgan fingerprint density at radius 3 is 2.89 bits per heavy atom. The van der Waals surface area contributed by atoms with E-state index in [1.54, 1.807) is 0 Å². The van der Waals surface area contributed by atoms with Gasteiger partial charge in [-0.2, -0.15) is 5.10 Å². The number of benzene rings is 1. The van der Waals surface area contributed by atoms with Gasteiger partial charge in [0.05, 0.1) is 5.69 Å². The fourth-order valence-corrected chi connectivity index (χ4v) is 2.86. The molecule has 0 saturated carbocycles. The summed E-state index contributed by atoms with van der Waals surface area (Å²) in [5, 5.41) is 7.84. The van der Waals surface area contributed by atoms with E-state index >= 15 is 0 Å². The van der Waals surface area contributed by atoms with E-state index in [-0.39, 0.29) is 0 Å². The zero-order chi connectivity index (χ0) is 13.7. The highest BCUT2D eigenvalue weighted by atomic mass is 32.2. The third kappa shape index (κ3) is 4.11. The van der Waals surface area contributed by atoms with E-state index in [1.807, 2.05) is 29.7 Å². The Kier molecular flexibility index (Phi) is 5.05. The minimum absolute atomic E-state index is 0.403. The fraction of sp³-hybridized carbons (Fsp3) is 0.400. The van der Waals surface area contributed by atoms with E-state index in [0.29, 0.717) is 6.04 Å². The number of thioether (sulfide) groups is 1. The first-order valence-electron chi connectivity index (χ1n) is 6.63. The van der Waals surface area contributed by atoms with Crippen LogP contribution in [0.15, 0.2) is 41.4 Å². The maximum absolute atomic E-state index is 4.40. The van der Waals surface area contributed by atoms with Crippen molar-refractivity contribution in [3.63, 3.8) is 0 Å². The molecule has 0 bridgehead atoms. The van der Waals surface area contributed by atoms with Crippen molar-refractivity contribution in [3.8, 4) is 0 Å². The lowest BCUT2D eigenvalue weighted by molar-refractivity contribution is 0.597. The fourth-order valence-electron chi connectivity index (χ4n) is 2.00. The van der Waals surface area contributed by atoms with E-state index in [2.05, 4.69) is 54.6 Å². The van der Waals surface area contributed by atoms with Gasteiger partial charge in [-0.3, -0.25) is 4.68 Å². The second-order valence-electron chi connectivity index (χ2n) is 4.62. The maximum atomic E-state index is 4.40. The van der Waals surface area contributed by atoms with Crippen LogP contribution in [0.2, 0.25) is 0 Å². The summed E-state index contributed by atoms with van der Waals surface area (Å²) in [6.07, 6.45) is 1.99. The molecule has 0 saturated heterocycles. The second kappa shape index (κ2) is 6.78. The molecule has 1 atom stereocenters. The van der Waals surface area contributed by atoms with E-state index in [0.717, 1.165) is 18.0 Å². The molecule has 102 valence electrons. The summed E-state index contributed by atoms with van der Waals surface area (Å²) >= 11 is 1.83. The molecule has 0 aliphatic rings. The minimum atomic E-state index is 0.403.